The van der Waals surface area contributed by atoms with Crippen molar-refractivity contribution < 1.29 is 0 Å². The van der Waals surface area contributed by atoms with E-state index in [0.717, 1.165) is 38.8 Å². The maximum Gasteiger partial charge on any atom is 0.165 e. The lowest BCUT2D eigenvalue weighted by Gasteiger charge is -2.19. The fourth-order valence-electron chi connectivity index (χ4n) is 3.68. The van der Waals surface area contributed by atoms with E-state index in [1.165, 1.54) is 5.56 Å². The third-order valence-electron chi connectivity index (χ3n) is 5.16. The zero-order chi connectivity index (χ0) is 18.6. The van der Waals surface area contributed by atoms with Crippen molar-refractivity contribution >= 4 is 33.1 Å². The first kappa shape index (κ1) is 16.0. The zero-order valence-corrected chi connectivity index (χ0v) is 15.8. The molecule has 0 aliphatic carbocycles. The lowest BCUT2D eigenvalue weighted by molar-refractivity contribution is 0.590. The Morgan fingerprint density at radius 2 is 1.33 bits per heavy atom. The molecule has 132 valence electrons. The molecule has 0 amide bonds. The Balaban J connectivity index is 1.85. The summed E-state index contributed by atoms with van der Waals surface area (Å²) in [5.41, 5.74) is 7.39. The summed E-state index contributed by atoms with van der Waals surface area (Å²) < 4.78 is 2.22. The van der Waals surface area contributed by atoms with Gasteiger partial charge < -0.3 is 0 Å². The average Bonchev–Trinajstić information content (AvgIpc) is 2.99. The van der Waals surface area contributed by atoms with Crippen LogP contribution in [0.15, 0.2) is 72.8 Å². The van der Waals surface area contributed by atoms with E-state index in [1.807, 2.05) is 24.3 Å². The van der Waals surface area contributed by atoms with Gasteiger partial charge in [-0.3, -0.25) is 4.57 Å². The van der Waals surface area contributed by atoms with Crippen LogP contribution in [0, 0.1) is 0 Å². The van der Waals surface area contributed by atoms with Gasteiger partial charge in [-0.1, -0.05) is 63.2 Å². The maximum absolute atomic E-state index is 4.96. The molecule has 0 radical (unpaired) electrons. The third kappa shape index (κ3) is 2.50. The molecule has 5 aromatic rings. The van der Waals surface area contributed by atoms with Crippen molar-refractivity contribution in [3.63, 3.8) is 0 Å². The van der Waals surface area contributed by atoms with Crippen LogP contribution in [0.25, 0.3) is 38.8 Å². The summed E-state index contributed by atoms with van der Waals surface area (Å²) in [7, 11) is 0. The minimum Gasteiger partial charge on any atom is -0.293 e. The molecule has 2 aromatic heterocycles. The van der Waals surface area contributed by atoms with Crippen LogP contribution in [0.5, 0.6) is 0 Å². The largest absolute Gasteiger partial charge is 0.293 e. The average molecular weight is 351 g/mol. The molecule has 0 spiro atoms. The van der Waals surface area contributed by atoms with Crippen molar-refractivity contribution in [2.24, 2.45) is 0 Å². The molecule has 0 aliphatic rings. The second kappa shape index (κ2) is 5.65. The van der Waals surface area contributed by atoms with E-state index in [-0.39, 0.29) is 5.41 Å². The van der Waals surface area contributed by atoms with Crippen molar-refractivity contribution in [1.82, 2.24) is 14.5 Å². The molecule has 3 nitrogen and oxygen atoms in total. The van der Waals surface area contributed by atoms with E-state index in [9.17, 15) is 0 Å². The van der Waals surface area contributed by atoms with E-state index in [0.29, 0.717) is 0 Å². The third-order valence-corrected chi connectivity index (χ3v) is 5.16. The highest BCUT2D eigenvalue weighted by atomic mass is 15.1. The van der Waals surface area contributed by atoms with Gasteiger partial charge in [0.05, 0.1) is 16.6 Å². The van der Waals surface area contributed by atoms with Crippen LogP contribution in [-0.4, -0.2) is 14.5 Å². The molecule has 0 aliphatic heterocycles. The Bertz CT molecular complexity index is 1290. The summed E-state index contributed by atoms with van der Waals surface area (Å²) in [5, 5.41) is 1.13. The van der Waals surface area contributed by atoms with Gasteiger partial charge in [0, 0.05) is 11.1 Å². The number of aromatic nitrogens is 3. The van der Waals surface area contributed by atoms with Gasteiger partial charge in [-0.15, -0.1) is 0 Å². The van der Waals surface area contributed by atoms with Crippen LogP contribution in [0.1, 0.15) is 26.3 Å². The molecule has 5 rings (SSSR count). The van der Waals surface area contributed by atoms with Crippen LogP contribution < -0.4 is 0 Å². The molecule has 0 unspecified atom stereocenters. The van der Waals surface area contributed by atoms with Crippen LogP contribution in [-0.2, 0) is 5.41 Å². The van der Waals surface area contributed by atoms with Crippen molar-refractivity contribution in [2.75, 3.05) is 0 Å². The Morgan fingerprint density at radius 3 is 2.04 bits per heavy atom. The Labute approximate surface area is 158 Å². The van der Waals surface area contributed by atoms with Gasteiger partial charge in [-0.2, -0.15) is 0 Å². The fourth-order valence-corrected chi connectivity index (χ4v) is 3.68. The Hall–Kier alpha value is -3.20. The van der Waals surface area contributed by atoms with Crippen molar-refractivity contribution in [3.05, 3.63) is 78.4 Å². The van der Waals surface area contributed by atoms with Crippen molar-refractivity contribution in [1.29, 1.82) is 0 Å². The van der Waals surface area contributed by atoms with Crippen molar-refractivity contribution in [3.8, 4) is 5.69 Å². The second-order valence-electron chi connectivity index (χ2n) is 8.03. The van der Waals surface area contributed by atoms with Crippen LogP contribution in [0.3, 0.4) is 0 Å². The first-order valence-corrected chi connectivity index (χ1v) is 9.29. The predicted octanol–water partition coefficient (Wildman–Crippen LogP) is 6.02. The van der Waals surface area contributed by atoms with Gasteiger partial charge in [-0.05, 0) is 41.3 Å². The van der Waals surface area contributed by atoms with E-state index >= 15 is 0 Å². The van der Waals surface area contributed by atoms with Crippen LogP contribution in [0.4, 0.5) is 0 Å². The second-order valence-corrected chi connectivity index (χ2v) is 8.03. The van der Waals surface area contributed by atoms with E-state index in [2.05, 4.69) is 73.9 Å². The molecule has 0 bridgehead atoms. The zero-order valence-electron chi connectivity index (χ0n) is 15.8. The molecule has 3 heteroatoms. The quantitative estimate of drug-likeness (QED) is 0.369. The highest BCUT2D eigenvalue weighted by molar-refractivity contribution is 6.07. The molecule has 0 saturated heterocycles. The summed E-state index contributed by atoms with van der Waals surface area (Å²) in [6.45, 7) is 6.71. The van der Waals surface area contributed by atoms with Gasteiger partial charge in [-0.25, -0.2) is 9.97 Å². The van der Waals surface area contributed by atoms with E-state index in [4.69, 9.17) is 9.97 Å². The first-order chi connectivity index (χ1) is 13.0. The molecule has 0 N–H and O–H groups in total. The lowest BCUT2D eigenvalue weighted by Crippen LogP contribution is -2.10. The topological polar surface area (TPSA) is 30.7 Å². The van der Waals surface area contributed by atoms with Crippen LogP contribution in [0.2, 0.25) is 0 Å². The molecule has 0 fully saturated rings. The number of benzene rings is 3. The number of hydrogen-bond acceptors (Lipinski definition) is 2. The number of rotatable bonds is 1. The lowest BCUT2D eigenvalue weighted by atomic mass is 9.87. The van der Waals surface area contributed by atoms with Gasteiger partial charge in [0.15, 0.2) is 5.65 Å². The van der Waals surface area contributed by atoms with Gasteiger partial charge in [0.2, 0.25) is 0 Å². The fraction of sp³-hybridized carbons (Fsp3) is 0.167. The van der Waals surface area contributed by atoms with Crippen molar-refractivity contribution in [2.45, 2.75) is 26.2 Å². The monoisotopic (exact) mass is 351 g/mol. The summed E-state index contributed by atoms with van der Waals surface area (Å²) in [4.78, 5) is 9.89. The van der Waals surface area contributed by atoms with Crippen LogP contribution >= 0.6 is 0 Å². The number of hydrogen-bond donors (Lipinski definition) is 0. The number of para-hydroxylation sites is 3. The Kier molecular flexibility index (Phi) is 3.35. The van der Waals surface area contributed by atoms with Gasteiger partial charge in [0.1, 0.15) is 5.52 Å². The predicted molar refractivity (Wildman–Crippen MR) is 113 cm³/mol. The molecule has 27 heavy (non-hydrogen) atoms. The van der Waals surface area contributed by atoms with E-state index < -0.39 is 0 Å². The summed E-state index contributed by atoms with van der Waals surface area (Å²) in [6.07, 6.45) is 0. The smallest absolute Gasteiger partial charge is 0.165 e. The Morgan fingerprint density at radius 1 is 0.704 bits per heavy atom. The normalized spacial score (nSPS) is 12.3. The maximum atomic E-state index is 4.96. The standard InChI is InChI=1S/C24H21N3/c1-24(2,3)16-12-14-17(15-13-16)27-21-11-7-4-8-18(21)22-23(27)26-20-10-6-5-9-19(20)25-22/h4-15H,1-3H3. The minimum absolute atomic E-state index is 0.134. The summed E-state index contributed by atoms with van der Waals surface area (Å²) in [6, 6.07) is 25.2. The molecule has 3 aromatic carbocycles. The minimum atomic E-state index is 0.134. The first-order valence-electron chi connectivity index (χ1n) is 9.29. The molecular formula is C24H21N3. The SMILES string of the molecule is CC(C)(C)c1ccc(-n2c3ccccc3c3nc4ccccc4nc32)cc1. The molecule has 0 saturated carbocycles. The number of fused-ring (bicyclic) bond motifs is 4. The van der Waals surface area contributed by atoms with Gasteiger partial charge in [0.25, 0.3) is 0 Å². The highest BCUT2D eigenvalue weighted by Gasteiger charge is 2.17. The molecular weight excluding hydrogens is 330 g/mol. The number of nitrogens with zero attached hydrogens (tertiary/aromatic N) is 3. The summed E-state index contributed by atoms with van der Waals surface area (Å²) >= 11 is 0. The summed E-state index contributed by atoms with van der Waals surface area (Å²) in [5.74, 6) is 0. The van der Waals surface area contributed by atoms with Gasteiger partial charge >= 0.3 is 0 Å². The molecule has 0 atom stereocenters. The highest BCUT2D eigenvalue weighted by Crippen LogP contribution is 2.32. The van der Waals surface area contributed by atoms with E-state index in [1.54, 1.807) is 0 Å². The molecule has 2 heterocycles.